The van der Waals surface area contributed by atoms with Crippen molar-refractivity contribution in [1.82, 2.24) is 5.32 Å². The van der Waals surface area contributed by atoms with Crippen molar-refractivity contribution < 1.29 is 36.9 Å². The Morgan fingerprint density at radius 1 is 1.07 bits per heavy atom. The van der Waals surface area contributed by atoms with E-state index in [1.54, 1.807) is 12.1 Å². The Morgan fingerprint density at radius 2 is 1.63 bits per heavy atom. The molecular formula is C20H19F3N2O5. The molecule has 0 saturated carbocycles. The predicted molar refractivity (Wildman–Crippen MR) is 99.4 cm³/mol. The van der Waals surface area contributed by atoms with E-state index in [-0.39, 0.29) is 12.2 Å². The molecule has 2 aromatic rings. The van der Waals surface area contributed by atoms with Crippen molar-refractivity contribution in [3.63, 3.8) is 0 Å². The van der Waals surface area contributed by atoms with Crippen molar-refractivity contribution in [3.8, 4) is 29.1 Å². The smallest absolute Gasteiger partial charge is 0.493 e. The van der Waals surface area contributed by atoms with Crippen LogP contribution in [0.25, 0.3) is 0 Å². The van der Waals surface area contributed by atoms with Gasteiger partial charge in [0.25, 0.3) is 0 Å². The molecule has 0 heterocycles. The normalized spacial score (nSPS) is 11.8. The first-order valence-corrected chi connectivity index (χ1v) is 8.54. The van der Waals surface area contributed by atoms with E-state index in [1.807, 2.05) is 6.07 Å². The van der Waals surface area contributed by atoms with Crippen LogP contribution >= 0.6 is 0 Å². The van der Waals surface area contributed by atoms with Crippen LogP contribution in [0.3, 0.4) is 0 Å². The number of hydrogen-bond donors (Lipinski definition) is 1. The number of nitrogens with zero attached hydrogens (tertiary/aromatic N) is 1. The Balaban J connectivity index is 2.12. The number of nitrogens with one attached hydrogen (secondary N) is 1. The average molecular weight is 424 g/mol. The van der Waals surface area contributed by atoms with Crippen LogP contribution in [0.1, 0.15) is 17.2 Å². The molecule has 0 aliphatic rings. The SMILES string of the molecule is COc1cc(C(C#N)NC(=O)Cc2ccc(OC(F)(F)F)cc2)cc(OC)c1OC. The third-order valence-corrected chi connectivity index (χ3v) is 3.98. The highest BCUT2D eigenvalue weighted by Gasteiger charge is 2.31. The van der Waals surface area contributed by atoms with Crippen molar-refractivity contribution in [2.75, 3.05) is 21.3 Å². The van der Waals surface area contributed by atoms with Gasteiger partial charge < -0.3 is 24.3 Å². The second-order valence-corrected chi connectivity index (χ2v) is 5.96. The van der Waals surface area contributed by atoms with Crippen LogP contribution in [0.15, 0.2) is 36.4 Å². The van der Waals surface area contributed by atoms with Crippen LogP contribution in [0.4, 0.5) is 13.2 Å². The highest BCUT2D eigenvalue weighted by atomic mass is 19.4. The number of alkyl halides is 3. The van der Waals surface area contributed by atoms with Gasteiger partial charge in [0.15, 0.2) is 11.5 Å². The molecule has 30 heavy (non-hydrogen) atoms. The minimum atomic E-state index is -4.79. The molecule has 7 nitrogen and oxygen atoms in total. The van der Waals surface area contributed by atoms with E-state index in [1.165, 1.54) is 33.5 Å². The highest BCUT2D eigenvalue weighted by Crippen LogP contribution is 2.39. The molecule has 1 unspecified atom stereocenters. The Hall–Kier alpha value is -3.61. The van der Waals surface area contributed by atoms with Crippen molar-refractivity contribution in [2.24, 2.45) is 0 Å². The molecule has 2 rings (SSSR count). The third kappa shape index (κ3) is 5.94. The van der Waals surface area contributed by atoms with Crippen LogP contribution < -0.4 is 24.3 Å². The molecule has 0 aromatic heterocycles. The Bertz CT molecular complexity index is 899. The molecule has 10 heteroatoms. The van der Waals surface area contributed by atoms with Gasteiger partial charge >= 0.3 is 6.36 Å². The van der Waals surface area contributed by atoms with E-state index >= 15 is 0 Å². The fourth-order valence-corrected chi connectivity index (χ4v) is 2.66. The Morgan fingerprint density at radius 3 is 2.07 bits per heavy atom. The molecule has 0 aliphatic heterocycles. The lowest BCUT2D eigenvalue weighted by Crippen LogP contribution is -2.29. The second kappa shape index (κ2) is 9.73. The maximum absolute atomic E-state index is 12.3. The van der Waals surface area contributed by atoms with Gasteiger partial charge in [-0.05, 0) is 35.4 Å². The molecule has 0 fully saturated rings. The van der Waals surface area contributed by atoms with Gasteiger partial charge in [-0.3, -0.25) is 4.79 Å². The molecular weight excluding hydrogens is 405 g/mol. The van der Waals surface area contributed by atoms with Crippen LogP contribution in [0, 0.1) is 11.3 Å². The fraction of sp³-hybridized carbons (Fsp3) is 0.300. The number of rotatable bonds is 8. The average Bonchev–Trinajstić information content (AvgIpc) is 2.71. The Kier molecular flexibility index (Phi) is 7.36. The molecule has 1 N–H and O–H groups in total. The maximum Gasteiger partial charge on any atom is 0.573 e. The van der Waals surface area contributed by atoms with Crippen molar-refractivity contribution in [3.05, 3.63) is 47.5 Å². The summed E-state index contributed by atoms with van der Waals surface area (Å²) in [6.45, 7) is 0. The van der Waals surface area contributed by atoms with E-state index in [2.05, 4.69) is 10.1 Å². The summed E-state index contributed by atoms with van der Waals surface area (Å²) in [4.78, 5) is 12.3. The molecule has 0 bridgehead atoms. The first-order valence-electron chi connectivity index (χ1n) is 8.54. The number of nitriles is 1. The number of hydrogen-bond acceptors (Lipinski definition) is 6. The van der Waals surface area contributed by atoms with Gasteiger partial charge in [-0.2, -0.15) is 5.26 Å². The fourth-order valence-electron chi connectivity index (χ4n) is 2.66. The minimum Gasteiger partial charge on any atom is -0.493 e. The summed E-state index contributed by atoms with van der Waals surface area (Å²) in [7, 11) is 4.29. The van der Waals surface area contributed by atoms with E-state index in [0.717, 1.165) is 12.1 Å². The quantitative estimate of drug-likeness (QED) is 0.697. The molecule has 1 atom stereocenters. The molecule has 0 saturated heterocycles. The standard InChI is InChI=1S/C20H19F3N2O5/c1-27-16-9-13(10-17(28-2)19(16)29-3)15(11-24)25-18(26)8-12-4-6-14(7-5-12)30-20(21,22)23/h4-7,9-10,15H,8H2,1-3H3,(H,25,26). The zero-order chi connectivity index (χ0) is 22.3. The van der Waals surface area contributed by atoms with E-state index in [9.17, 15) is 23.2 Å². The van der Waals surface area contributed by atoms with Gasteiger partial charge in [-0.15, -0.1) is 13.2 Å². The van der Waals surface area contributed by atoms with Gasteiger partial charge in [0.2, 0.25) is 11.7 Å². The van der Waals surface area contributed by atoms with Crippen LogP contribution in [0.2, 0.25) is 0 Å². The van der Waals surface area contributed by atoms with Crippen LogP contribution in [-0.4, -0.2) is 33.6 Å². The lowest BCUT2D eigenvalue weighted by atomic mass is 10.1. The van der Waals surface area contributed by atoms with Crippen molar-refractivity contribution in [1.29, 1.82) is 5.26 Å². The van der Waals surface area contributed by atoms with E-state index in [4.69, 9.17) is 14.2 Å². The number of carbonyl (C=O) groups is 1. The lowest BCUT2D eigenvalue weighted by Gasteiger charge is -2.17. The second-order valence-electron chi connectivity index (χ2n) is 5.96. The zero-order valence-corrected chi connectivity index (χ0v) is 16.4. The Labute approximate surface area is 170 Å². The molecule has 2 aromatic carbocycles. The monoisotopic (exact) mass is 424 g/mol. The number of halogens is 3. The van der Waals surface area contributed by atoms with Crippen molar-refractivity contribution in [2.45, 2.75) is 18.8 Å². The van der Waals surface area contributed by atoms with Crippen LogP contribution in [0.5, 0.6) is 23.0 Å². The summed E-state index contributed by atoms with van der Waals surface area (Å²) in [6, 6.07) is 8.93. The molecule has 160 valence electrons. The molecule has 0 spiro atoms. The third-order valence-electron chi connectivity index (χ3n) is 3.98. The summed E-state index contributed by atoms with van der Waals surface area (Å²) < 4.78 is 56.1. The summed E-state index contributed by atoms with van der Waals surface area (Å²) in [5.74, 6) is 0.0925. The summed E-state index contributed by atoms with van der Waals surface area (Å²) in [5.41, 5.74) is 0.859. The number of methoxy groups -OCH3 is 3. The van der Waals surface area contributed by atoms with Crippen LogP contribution in [-0.2, 0) is 11.2 Å². The summed E-state index contributed by atoms with van der Waals surface area (Å²) in [5, 5.41) is 12.1. The molecule has 1 amide bonds. The number of amides is 1. The van der Waals surface area contributed by atoms with Gasteiger partial charge in [0.1, 0.15) is 11.8 Å². The number of carbonyl (C=O) groups excluding carboxylic acids is 1. The van der Waals surface area contributed by atoms with E-state index < -0.39 is 18.3 Å². The molecule has 0 aliphatic carbocycles. The minimum absolute atomic E-state index is 0.144. The van der Waals surface area contributed by atoms with Crippen molar-refractivity contribution >= 4 is 5.91 Å². The number of benzene rings is 2. The number of ether oxygens (including phenoxy) is 4. The van der Waals surface area contributed by atoms with Gasteiger partial charge in [0, 0.05) is 0 Å². The summed E-state index contributed by atoms with van der Waals surface area (Å²) in [6.07, 6.45) is -4.94. The highest BCUT2D eigenvalue weighted by molar-refractivity contribution is 5.79. The van der Waals surface area contributed by atoms with Gasteiger partial charge in [-0.25, -0.2) is 0 Å². The van der Waals surface area contributed by atoms with Gasteiger partial charge in [0.05, 0.1) is 33.8 Å². The van der Waals surface area contributed by atoms with Gasteiger partial charge in [-0.1, -0.05) is 12.1 Å². The predicted octanol–water partition coefficient (Wildman–Crippen LogP) is 3.53. The maximum atomic E-state index is 12.3. The topological polar surface area (TPSA) is 89.8 Å². The lowest BCUT2D eigenvalue weighted by molar-refractivity contribution is -0.274. The zero-order valence-electron chi connectivity index (χ0n) is 16.4. The first kappa shape index (κ1) is 22.7. The largest absolute Gasteiger partial charge is 0.573 e. The van der Waals surface area contributed by atoms with E-state index in [0.29, 0.717) is 28.4 Å². The first-order chi connectivity index (χ1) is 14.2. The molecule has 0 radical (unpaired) electrons. The summed E-state index contributed by atoms with van der Waals surface area (Å²) >= 11 is 0.